The summed E-state index contributed by atoms with van der Waals surface area (Å²) in [6, 6.07) is 0.292. The molecule has 0 aromatic heterocycles. The van der Waals surface area contributed by atoms with E-state index in [2.05, 4.69) is 10.6 Å². The fraction of sp³-hybridized carbons (Fsp3) is 0.857. The van der Waals surface area contributed by atoms with E-state index >= 15 is 0 Å². The fourth-order valence-electron chi connectivity index (χ4n) is 0.588. The maximum Gasteiger partial charge on any atom is 0.234 e. The standard InChI is InChI=1S/C7H16N2O/c1-4-6(2)9-7(10)5-8-3/h6,8H,4-5H2,1-3H3,(H,9,10)/t6-/m1/s1. The molecule has 3 heteroatoms. The zero-order valence-electron chi connectivity index (χ0n) is 6.90. The molecule has 0 spiro atoms. The van der Waals surface area contributed by atoms with E-state index in [0.29, 0.717) is 12.6 Å². The maximum absolute atomic E-state index is 10.8. The van der Waals surface area contributed by atoms with Crippen molar-refractivity contribution in [3.8, 4) is 0 Å². The molecule has 0 aliphatic carbocycles. The number of likely N-dealkylation sites (N-methyl/N-ethyl adjacent to an activating group) is 1. The SMILES string of the molecule is CC[C@@H](C)NC(=O)CNC. The molecule has 0 unspecified atom stereocenters. The summed E-state index contributed by atoms with van der Waals surface area (Å²) in [4.78, 5) is 10.8. The summed E-state index contributed by atoms with van der Waals surface area (Å²) in [5.41, 5.74) is 0. The molecule has 0 aromatic rings. The average molecular weight is 144 g/mol. The highest BCUT2D eigenvalue weighted by atomic mass is 16.1. The molecule has 0 aromatic carbocycles. The molecule has 0 radical (unpaired) electrons. The van der Waals surface area contributed by atoms with E-state index in [1.165, 1.54) is 0 Å². The monoisotopic (exact) mass is 144 g/mol. The Morgan fingerprint density at radius 1 is 1.60 bits per heavy atom. The van der Waals surface area contributed by atoms with Crippen LogP contribution in [0.15, 0.2) is 0 Å². The van der Waals surface area contributed by atoms with Crippen LogP contribution in [-0.4, -0.2) is 25.5 Å². The van der Waals surface area contributed by atoms with Gasteiger partial charge in [-0.2, -0.15) is 0 Å². The Morgan fingerprint density at radius 2 is 2.20 bits per heavy atom. The van der Waals surface area contributed by atoms with Crippen molar-refractivity contribution in [1.82, 2.24) is 10.6 Å². The van der Waals surface area contributed by atoms with Gasteiger partial charge in [-0.3, -0.25) is 4.79 Å². The van der Waals surface area contributed by atoms with Crippen LogP contribution in [0, 0.1) is 0 Å². The number of carbonyl (C=O) groups excluding carboxylic acids is 1. The quantitative estimate of drug-likeness (QED) is 0.588. The van der Waals surface area contributed by atoms with Crippen molar-refractivity contribution >= 4 is 5.91 Å². The lowest BCUT2D eigenvalue weighted by Crippen LogP contribution is -2.37. The smallest absolute Gasteiger partial charge is 0.234 e. The third-order valence-corrected chi connectivity index (χ3v) is 1.36. The molecule has 0 fully saturated rings. The average Bonchev–Trinajstić information content (AvgIpc) is 1.88. The van der Waals surface area contributed by atoms with Gasteiger partial charge < -0.3 is 10.6 Å². The van der Waals surface area contributed by atoms with Gasteiger partial charge in [0.2, 0.25) is 5.91 Å². The van der Waals surface area contributed by atoms with Crippen molar-refractivity contribution in [3.63, 3.8) is 0 Å². The van der Waals surface area contributed by atoms with Crippen LogP contribution >= 0.6 is 0 Å². The molecule has 2 N–H and O–H groups in total. The summed E-state index contributed by atoms with van der Waals surface area (Å²) >= 11 is 0. The van der Waals surface area contributed by atoms with Crippen molar-refractivity contribution in [3.05, 3.63) is 0 Å². The molecule has 10 heavy (non-hydrogen) atoms. The molecule has 1 amide bonds. The first-order valence-corrected chi connectivity index (χ1v) is 3.64. The minimum Gasteiger partial charge on any atom is -0.353 e. The lowest BCUT2D eigenvalue weighted by molar-refractivity contribution is -0.120. The zero-order valence-corrected chi connectivity index (χ0v) is 6.90. The van der Waals surface area contributed by atoms with Crippen molar-refractivity contribution < 1.29 is 4.79 Å². The van der Waals surface area contributed by atoms with Crippen LogP contribution in [0.5, 0.6) is 0 Å². The second-order valence-corrected chi connectivity index (χ2v) is 2.41. The number of amides is 1. The Balaban J connectivity index is 3.37. The Bertz CT molecular complexity index is 104. The largest absolute Gasteiger partial charge is 0.353 e. The highest BCUT2D eigenvalue weighted by molar-refractivity contribution is 5.78. The summed E-state index contributed by atoms with van der Waals surface area (Å²) in [6.07, 6.45) is 0.982. The van der Waals surface area contributed by atoms with Gasteiger partial charge in [-0.25, -0.2) is 0 Å². The number of rotatable bonds is 4. The van der Waals surface area contributed by atoms with E-state index in [-0.39, 0.29) is 5.91 Å². The van der Waals surface area contributed by atoms with Crippen LogP contribution in [0.4, 0.5) is 0 Å². The van der Waals surface area contributed by atoms with E-state index < -0.39 is 0 Å². The summed E-state index contributed by atoms with van der Waals surface area (Å²) in [7, 11) is 1.76. The highest BCUT2D eigenvalue weighted by Gasteiger charge is 2.01. The zero-order chi connectivity index (χ0) is 7.98. The summed E-state index contributed by atoms with van der Waals surface area (Å²) in [5.74, 6) is 0.0665. The van der Waals surface area contributed by atoms with Gasteiger partial charge in [-0.15, -0.1) is 0 Å². The number of hydrogen-bond acceptors (Lipinski definition) is 2. The Labute approximate surface area is 62.2 Å². The molecule has 0 bridgehead atoms. The molecule has 3 nitrogen and oxygen atoms in total. The molecule has 0 heterocycles. The molecular formula is C7H16N2O. The lowest BCUT2D eigenvalue weighted by atomic mass is 10.2. The normalized spacial score (nSPS) is 12.7. The van der Waals surface area contributed by atoms with Gasteiger partial charge in [0.15, 0.2) is 0 Å². The van der Waals surface area contributed by atoms with Gasteiger partial charge in [0.25, 0.3) is 0 Å². The molecule has 0 rings (SSSR count). The number of hydrogen-bond donors (Lipinski definition) is 2. The van der Waals surface area contributed by atoms with Crippen LogP contribution in [0.25, 0.3) is 0 Å². The molecule has 0 saturated carbocycles. The predicted octanol–water partition coefficient (Wildman–Crippen LogP) is 0.120. The van der Waals surface area contributed by atoms with Gasteiger partial charge in [0.1, 0.15) is 0 Å². The van der Waals surface area contributed by atoms with Crippen LogP contribution < -0.4 is 10.6 Å². The Morgan fingerprint density at radius 3 is 2.60 bits per heavy atom. The molecule has 0 aliphatic heterocycles. The minimum atomic E-state index is 0.0665. The minimum absolute atomic E-state index is 0.0665. The third kappa shape index (κ3) is 4.32. The van der Waals surface area contributed by atoms with Crippen molar-refractivity contribution in [1.29, 1.82) is 0 Å². The van der Waals surface area contributed by atoms with Gasteiger partial charge >= 0.3 is 0 Å². The maximum atomic E-state index is 10.8. The van der Waals surface area contributed by atoms with E-state index in [9.17, 15) is 4.79 Å². The molecule has 0 aliphatic rings. The van der Waals surface area contributed by atoms with E-state index in [1.54, 1.807) is 7.05 Å². The van der Waals surface area contributed by atoms with Gasteiger partial charge in [0, 0.05) is 6.04 Å². The predicted molar refractivity (Wildman–Crippen MR) is 41.8 cm³/mol. The Hall–Kier alpha value is -0.570. The first-order valence-electron chi connectivity index (χ1n) is 3.64. The van der Waals surface area contributed by atoms with Crippen molar-refractivity contribution in [2.75, 3.05) is 13.6 Å². The van der Waals surface area contributed by atoms with E-state index in [4.69, 9.17) is 0 Å². The lowest BCUT2D eigenvalue weighted by Gasteiger charge is -2.10. The highest BCUT2D eigenvalue weighted by Crippen LogP contribution is 1.85. The second-order valence-electron chi connectivity index (χ2n) is 2.41. The van der Waals surface area contributed by atoms with Crippen LogP contribution in [0.3, 0.4) is 0 Å². The van der Waals surface area contributed by atoms with E-state index in [1.807, 2.05) is 13.8 Å². The van der Waals surface area contributed by atoms with Crippen LogP contribution in [-0.2, 0) is 4.79 Å². The van der Waals surface area contributed by atoms with Gasteiger partial charge in [-0.05, 0) is 20.4 Å². The molecular weight excluding hydrogens is 128 g/mol. The summed E-state index contributed by atoms with van der Waals surface area (Å²) in [6.45, 7) is 4.45. The van der Waals surface area contributed by atoms with Gasteiger partial charge in [0.05, 0.1) is 6.54 Å². The molecule has 1 atom stereocenters. The second kappa shape index (κ2) is 5.23. The first-order chi connectivity index (χ1) is 4.70. The Kier molecular flexibility index (Phi) is 4.94. The third-order valence-electron chi connectivity index (χ3n) is 1.36. The summed E-state index contributed by atoms with van der Waals surface area (Å²) < 4.78 is 0. The van der Waals surface area contributed by atoms with Crippen molar-refractivity contribution in [2.45, 2.75) is 26.3 Å². The van der Waals surface area contributed by atoms with E-state index in [0.717, 1.165) is 6.42 Å². The van der Waals surface area contributed by atoms with Crippen LogP contribution in [0.1, 0.15) is 20.3 Å². The molecule has 60 valence electrons. The fourth-order valence-corrected chi connectivity index (χ4v) is 0.588. The van der Waals surface area contributed by atoms with Crippen molar-refractivity contribution in [2.24, 2.45) is 0 Å². The van der Waals surface area contributed by atoms with Gasteiger partial charge in [-0.1, -0.05) is 6.92 Å². The number of carbonyl (C=O) groups is 1. The number of nitrogens with one attached hydrogen (secondary N) is 2. The van der Waals surface area contributed by atoms with Crippen LogP contribution in [0.2, 0.25) is 0 Å². The topological polar surface area (TPSA) is 41.1 Å². The molecule has 0 saturated heterocycles. The first kappa shape index (κ1) is 9.43. The summed E-state index contributed by atoms with van der Waals surface area (Å²) in [5, 5.41) is 5.61.